The summed E-state index contributed by atoms with van der Waals surface area (Å²) in [5, 5.41) is 0. The van der Waals surface area contributed by atoms with E-state index in [4.69, 9.17) is 14.2 Å². The summed E-state index contributed by atoms with van der Waals surface area (Å²) < 4.78 is 16.3. The number of esters is 1. The average molecular weight is 436 g/mol. The van der Waals surface area contributed by atoms with Gasteiger partial charge in [0.25, 0.3) is 5.91 Å². The third-order valence-electron chi connectivity index (χ3n) is 3.79. The number of halogens is 1. The molecule has 0 aliphatic heterocycles. The van der Waals surface area contributed by atoms with Crippen LogP contribution < -0.4 is 9.47 Å². The third-order valence-corrected chi connectivity index (χ3v) is 4.41. The Morgan fingerprint density at radius 3 is 2.41 bits per heavy atom. The Morgan fingerprint density at radius 2 is 1.81 bits per heavy atom. The zero-order chi connectivity index (χ0) is 19.8. The SMILES string of the molecule is CCOc1ccc(CN(C)C(=O)COC(=O)c2ccc(OC)c(Br)c2)cc1. The van der Waals surface area contributed by atoms with Crippen molar-refractivity contribution in [3.05, 3.63) is 58.1 Å². The molecule has 0 bridgehead atoms. The summed E-state index contributed by atoms with van der Waals surface area (Å²) in [6.45, 7) is 2.62. The fraction of sp³-hybridized carbons (Fsp3) is 0.300. The van der Waals surface area contributed by atoms with Crippen molar-refractivity contribution in [3.8, 4) is 11.5 Å². The first-order valence-corrected chi connectivity index (χ1v) is 9.20. The highest BCUT2D eigenvalue weighted by molar-refractivity contribution is 9.10. The van der Waals surface area contributed by atoms with Crippen LogP contribution in [0.2, 0.25) is 0 Å². The Balaban J connectivity index is 1.86. The van der Waals surface area contributed by atoms with Crippen LogP contribution in [-0.2, 0) is 16.1 Å². The van der Waals surface area contributed by atoms with Gasteiger partial charge in [-0.3, -0.25) is 4.79 Å². The van der Waals surface area contributed by atoms with E-state index in [2.05, 4.69) is 15.9 Å². The molecule has 0 unspecified atom stereocenters. The molecule has 2 rings (SSSR count). The highest BCUT2D eigenvalue weighted by atomic mass is 79.9. The molecule has 0 aromatic heterocycles. The quantitative estimate of drug-likeness (QED) is 0.591. The summed E-state index contributed by atoms with van der Waals surface area (Å²) in [5.74, 6) is 0.540. The Labute approximate surface area is 167 Å². The minimum atomic E-state index is -0.568. The van der Waals surface area contributed by atoms with Gasteiger partial charge in [0.05, 0.1) is 23.8 Å². The standard InChI is InChI=1S/C20H22BrNO5/c1-4-26-16-8-5-14(6-9-16)12-22(2)19(23)13-27-20(24)15-7-10-18(25-3)17(21)11-15/h5-11H,4,12-13H2,1-3H3. The molecule has 0 aliphatic carbocycles. The van der Waals surface area contributed by atoms with Crippen LogP contribution in [0.25, 0.3) is 0 Å². The molecule has 0 saturated heterocycles. The second-order valence-corrected chi connectivity index (χ2v) is 6.61. The average Bonchev–Trinajstić information content (AvgIpc) is 2.67. The van der Waals surface area contributed by atoms with Crippen molar-refractivity contribution >= 4 is 27.8 Å². The predicted octanol–water partition coefficient (Wildman–Crippen LogP) is 3.67. The van der Waals surface area contributed by atoms with Gasteiger partial charge >= 0.3 is 5.97 Å². The number of benzene rings is 2. The van der Waals surface area contributed by atoms with E-state index >= 15 is 0 Å². The molecule has 2 aromatic rings. The number of methoxy groups -OCH3 is 1. The fourth-order valence-corrected chi connectivity index (χ4v) is 2.87. The maximum Gasteiger partial charge on any atom is 0.338 e. The van der Waals surface area contributed by atoms with E-state index in [1.54, 1.807) is 25.2 Å². The highest BCUT2D eigenvalue weighted by Crippen LogP contribution is 2.25. The second-order valence-electron chi connectivity index (χ2n) is 5.75. The smallest absolute Gasteiger partial charge is 0.338 e. The van der Waals surface area contributed by atoms with E-state index < -0.39 is 5.97 Å². The lowest BCUT2D eigenvalue weighted by Gasteiger charge is -2.17. The number of carbonyl (C=O) groups excluding carboxylic acids is 2. The zero-order valence-corrected chi connectivity index (χ0v) is 17.1. The summed E-state index contributed by atoms with van der Waals surface area (Å²) in [5.41, 5.74) is 1.30. The van der Waals surface area contributed by atoms with Crippen molar-refractivity contribution in [2.45, 2.75) is 13.5 Å². The number of hydrogen-bond donors (Lipinski definition) is 0. The van der Waals surface area contributed by atoms with E-state index in [9.17, 15) is 9.59 Å². The largest absolute Gasteiger partial charge is 0.496 e. The molecule has 6 nitrogen and oxygen atoms in total. The molecule has 144 valence electrons. The van der Waals surface area contributed by atoms with Crippen molar-refractivity contribution in [3.63, 3.8) is 0 Å². The van der Waals surface area contributed by atoms with Crippen LogP contribution in [0.1, 0.15) is 22.8 Å². The van der Waals surface area contributed by atoms with Gasteiger partial charge in [0.2, 0.25) is 0 Å². The van der Waals surface area contributed by atoms with Gasteiger partial charge in [0, 0.05) is 13.6 Å². The Kier molecular flexibility index (Phi) is 7.67. The van der Waals surface area contributed by atoms with Gasteiger partial charge in [-0.05, 0) is 58.7 Å². The molecular formula is C20H22BrNO5. The molecule has 0 N–H and O–H groups in total. The van der Waals surface area contributed by atoms with Crippen LogP contribution in [0.15, 0.2) is 46.9 Å². The van der Waals surface area contributed by atoms with Gasteiger partial charge in [0.1, 0.15) is 11.5 Å². The summed E-state index contributed by atoms with van der Waals surface area (Å²) in [6.07, 6.45) is 0. The molecule has 0 spiro atoms. The maximum absolute atomic E-state index is 12.2. The lowest BCUT2D eigenvalue weighted by Crippen LogP contribution is -2.30. The van der Waals surface area contributed by atoms with Gasteiger partial charge in [-0.25, -0.2) is 4.79 Å². The maximum atomic E-state index is 12.2. The van der Waals surface area contributed by atoms with Crippen LogP contribution >= 0.6 is 15.9 Å². The van der Waals surface area contributed by atoms with Crippen LogP contribution in [0.4, 0.5) is 0 Å². The summed E-state index contributed by atoms with van der Waals surface area (Å²) in [6, 6.07) is 12.3. The van der Waals surface area contributed by atoms with E-state index in [1.807, 2.05) is 31.2 Å². The molecule has 2 aromatic carbocycles. The van der Waals surface area contributed by atoms with E-state index in [0.29, 0.717) is 28.9 Å². The van der Waals surface area contributed by atoms with Crippen molar-refractivity contribution in [2.75, 3.05) is 27.4 Å². The second kappa shape index (κ2) is 9.97. The number of likely N-dealkylation sites (N-methyl/N-ethyl adjacent to an activating group) is 1. The topological polar surface area (TPSA) is 65.1 Å². The Bertz CT molecular complexity index is 791. The first-order valence-electron chi connectivity index (χ1n) is 8.41. The lowest BCUT2D eigenvalue weighted by atomic mass is 10.2. The van der Waals surface area contributed by atoms with Crippen LogP contribution in [0.3, 0.4) is 0 Å². The molecule has 0 aliphatic rings. The van der Waals surface area contributed by atoms with E-state index in [-0.39, 0.29) is 12.5 Å². The number of amides is 1. The van der Waals surface area contributed by atoms with Gasteiger partial charge in [-0.2, -0.15) is 0 Å². The van der Waals surface area contributed by atoms with Gasteiger partial charge < -0.3 is 19.1 Å². The summed E-state index contributed by atoms with van der Waals surface area (Å²) in [4.78, 5) is 25.8. The lowest BCUT2D eigenvalue weighted by molar-refractivity contribution is -0.133. The zero-order valence-electron chi connectivity index (χ0n) is 15.5. The Hall–Kier alpha value is -2.54. The number of nitrogens with zero attached hydrogens (tertiary/aromatic N) is 1. The van der Waals surface area contributed by atoms with Gasteiger partial charge in [-0.1, -0.05) is 12.1 Å². The van der Waals surface area contributed by atoms with E-state index in [0.717, 1.165) is 11.3 Å². The molecule has 1 amide bonds. The molecule has 0 fully saturated rings. The van der Waals surface area contributed by atoms with E-state index in [1.165, 1.54) is 12.0 Å². The molecule has 0 heterocycles. The first-order chi connectivity index (χ1) is 12.9. The van der Waals surface area contributed by atoms with Crippen LogP contribution in [0.5, 0.6) is 11.5 Å². The minimum Gasteiger partial charge on any atom is -0.496 e. The van der Waals surface area contributed by atoms with Crippen molar-refractivity contribution in [2.24, 2.45) is 0 Å². The van der Waals surface area contributed by atoms with Crippen molar-refractivity contribution in [1.82, 2.24) is 4.90 Å². The number of ether oxygens (including phenoxy) is 3. The number of hydrogen-bond acceptors (Lipinski definition) is 5. The Morgan fingerprint density at radius 1 is 1.11 bits per heavy atom. The highest BCUT2D eigenvalue weighted by Gasteiger charge is 2.15. The number of carbonyl (C=O) groups is 2. The minimum absolute atomic E-state index is 0.287. The van der Waals surface area contributed by atoms with Gasteiger partial charge in [-0.15, -0.1) is 0 Å². The van der Waals surface area contributed by atoms with Gasteiger partial charge in [0.15, 0.2) is 6.61 Å². The monoisotopic (exact) mass is 435 g/mol. The molecule has 0 atom stereocenters. The third kappa shape index (κ3) is 5.99. The normalized spacial score (nSPS) is 10.2. The molecule has 27 heavy (non-hydrogen) atoms. The molecule has 7 heteroatoms. The first kappa shape index (κ1) is 20.8. The van der Waals surface area contributed by atoms with Crippen molar-refractivity contribution < 1.29 is 23.8 Å². The number of rotatable bonds is 8. The van der Waals surface area contributed by atoms with Crippen LogP contribution in [-0.4, -0.2) is 44.1 Å². The fourth-order valence-electron chi connectivity index (χ4n) is 2.33. The van der Waals surface area contributed by atoms with Crippen LogP contribution in [0, 0.1) is 0 Å². The summed E-state index contributed by atoms with van der Waals surface area (Å²) in [7, 11) is 3.20. The molecule has 0 saturated carbocycles. The predicted molar refractivity (Wildman–Crippen MR) is 105 cm³/mol. The molecular weight excluding hydrogens is 414 g/mol. The van der Waals surface area contributed by atoms with Crippen molar-refractivity contribution in [1.29, 1.82) is 0 Å². The summed E-state index contributed by atoms with van der Waals surface area (Å²) >= 11 is 3.31. The molecule has 0 radical (unpaired) electrons.